The first-order chi connectivity index (χ1) is 12.6. The molecule has 0 aromatic heterocycles. The summed E-state index contributed by atoms with van der Waals surface area (Å²) >= 11 is 0. The number of rotatable bonds is 9. The van der Waals surface area contributed by atoms with Crippen LogP contribution in [-0.4, -0.2) is 52.8 Å². The molecule has 0 bridgehead atoms. The van der Waals surface area contributed by atoms with Gasteiger partial charge in [0.25, 0.3) is 0 Å². The third kappa shape index (κ3) is 6.89. The molecule has 2 aliphatic carbocycles. The van der Waals surface area contributed by atoms with E-state index in [2.05, 4.69) is 27.9 Å². The lowest BCUT2D eigenvalue weighted by molar-refractivity contribution is -0.127. The quantitative estimate of drug-likeness (QED) is 0.322. The minimum absolute atomic E-state index is 0.211. The molecular weight excluding hydrogens is 348 g/mol. The summed E-state index contributed by atoms with van der Waals surface area (Å²) in [6.07, 6.45) is 8.40. The van der Waals surface area contributed by atoms with E-state index in [1.54, 1.807) is 0 Å². The van der Waals surface area contributed by atoms with E-state index in [1.807, 2.05) is 6.92 Å². The van der Waals surface area contributed by atoms with E-state index in [0.717, 1.165) is 63.2 Å². The minimum Gasteiger partial charge on any atom is -0.357 e. The van der Waals surface area contributed by atoms with Crippen LogP contribution in [0.15, 0.2) is 4.99 Å². The van der Waals surface area contributed by atoms with Crippen molar-refractivity contribution in [2.24, 2.45) is 10.9 Å². The third-order valence-corrected chi connectivity index (χ3v) is 7.09. The van der Waals surface area contributed by atoms with E-state index in [4.69, 9.17) is 0 Å². The van der Waals surface area contributed by atoms with Crippen molar-refractivity contribution in [3.8, 4) is 0 Å². The third-order valence-electron chi connectivity index (χ3n) is 5.35. The molecular formula is C19H36N4O2S. The first-order valence-electron chi connectivity index (χ1n) is 10.3. The molecule has 0 aliphatic heterocycles. The van der Waals surface area contributed by atoms with E-state index in [0.29, 0.717) is 24.4 Å². The number of hydrogen-bond donors (Lipinski definition) is 3. The van der Waals surface area contributed by atoms with E-state index in [-0.39, 0.29) is 11.8 Å². The molecule has 3 atom stereocenters. The zero-order valence-electron chi connectivity index (χ0n) is 16.4. The van der Waals surface area contributed by atoms with Crippen molar-refractivity contribution in [1.82, 2.24) is 16.0 Å². The monoisotopic (exact) mass is 384 g/mol. The van der Waals surface area contributed by atoms with Crippen molar-refractivity contribution < 1.29 is 9.00 Å². The largest absolute Gasteiger partial charge is 0.357 e. The molecule has 2 rings (SSSR count). The van der Waals surface area contributed by atoms with Gasteiger partial charge in [-0.25, -0.2) is 0 Å². The van der Waals surface area contributed by atoms with Gasteiger partial charge in [-0.3, -0.25) is 14.0 Å². The van der Waals surface area contributed by atoms with Gasteiger partial charge >= 0.3 is 0 Å². The number of hydrogen-bond acceptors (Lipinski definition) is 3. The Labute approximate surface area is 160 Å². The van der Waals surface area contributed by atoms with Crippen molar-refractivity contribution in [3.05, 3.63) is 0 Å². The highest BCUT2D eigenvalue weighted by molar-refractivity contribution is 7.85. The molecule has 0 radical (unpaired) electrons. The molecule has 3 unspecified atom stereocenters. The molecule has 0 aromatic carbocycles. The zero-order chi connectivity index (χ0) is 18.8. The SMILES string of the molecule is CCNC(=NCCCNC(=O)C1CCC1)NC1CCCC(S(=O)CC)C1. The summed E-state index contributed by atoms with van der Waals surface area (Å²) in [5.41, 5.74) is 0. The Morgan fingerprint density at radius 1 is 1.12 bits per heavy atom. The highest BCUT2D eigenvalue weighted by Crippen LogP contribution is 2.26. The molecule has 0 spiro atoms. The van der Waals surface area contributed by atoms with Gasteiger partial charge in [-0.1, -0.05) is 19.8 Å². The van der Waals surface area contributed by atoms with Gasteiger partial charge < -0.3 is 16.0 Å². The molecule has 26 heavy (non-hydrogen) atoms. The number of guanidine groups is 1. The second kappa shape index (κ2) is 11.6. The molecule has 2 saturated carbocycles. The normalized spacial score (nSPS) is 25.2. The maximum Gasteiger partial charge on any atom is 0.223 e. The van der Waals surface area contributed by atoms with Crippen molar-refractivity contribution >= 4 is 22.7 Å². The highest BCUT2D eigenvalue weighted by atomic mass is 32.2. The number of amides is 1. The molecule has 150 valence electrons. The van der Waals surface area contributed by atoms with Gasteiger partial charge in [0.15, 0.2) is 5.96 Å². The van der Waals surface area contributed by atoms with Crippen LogP contribution < -0.4 is 16.0 Å². The van der Waals surface area contributed by atoms with Crippen LogP contribution in [-0.2, 0) is 15.6 Å². The Kier molecular flexibility index (Phi) is 9.43. The molecule has 3 N–H and O–H groups in total. The van der Waals surface area contributed by atoms with Gasteiger partial charge in [0.2, 0.25) is 5.91 Å². The summed E-state index contributed by atoms with van der Waals surface area (Å²) in [6, 6.07) is 0.348. The summed E-state index contributed by atoms with van der Waals surface area (Å²) in [5, 5.41) is 10.1. The molecule has 7 heteroatoms. The van der Waals surface area contributed by atoms with Crippen molar-refractivity contribution in [3.63, 3.8) is 0 Å². The average molecular weight is 385 g/mol. The average Bonchev–Trinajstić information content (AvgIpc) is 2.59. The van der Waals surface area contributed by atoms with Crippen LogP contribution >= 0.6 is 0 Å². The number of nitrogens with one attached hydrogen (secondary N) is 3. The summed E-state index contributed by atoms with van der Waals surface area (Å²) < 4.78 is 12.1. The fraction of sp³-hybridized carbons (Fsp3) is 0.895. The summed E-state index contributed by atoms with van der Waals surface area (Å²) in [5.74, 6) is 2.05. The minimum atomic E-state index is -0.706. The Bertz CT molecular complexity index is 494. The van der Waals surface area contributed by atoms with Crippen LogP contribution in [0.3, 0.4) is 0 Å². The fourth-order valence-electron chi connectivity index (χ4n) is 3.56. The van der Waals surface area contributed by atoms with Gasteiger partial charge in [0.1, 0.15) is 0 Å². The van der Waals surface area contributed by atoms with Gasteiger partial charge in [-0.15, -0.1) is 0 Å². The lowest BCUT2D eigenvalue weighted by Gasteiger charge is -2.30. The Balaban J connectivity index is 1.71. The number of carbonyl (C=O) groups excluding carboxylic acids is 1. The van der Waals surface area contributed by atoms with Gasteiger partial charge in [-0.2, -0.15) is 0 Å². The predicted molar refractivity (Wildman–Crippen MR) is 109 cm³/mol. The van der Waals surface area contributed by atoms with E-state index >= 15 is 0 Å². The maximum absolute atomic E-state index is 12.1. The second-order valence-corrected chi connectivity index (χ2v) is 9.34. The fourth-order valence-corrected chi connectivity index (χ4v) is 4.91. The number of aliphatic imine (C=N–C) groups is 1. The van der Waals surface area contributed by atoms with Crippen LogP contribution in [0.2, 0.25) is 0 Å². The van der Waals surface area contributed by atoms with Crippen LogP contribution in [0.4, 0.5) is 0 Å². The predicted octanol–water partition coefficient (Wildman–Crippen LogP) is 1.93. The maximum atomic E-state index is 12.1. The summed E-state index contributed by atoms with van der Waals surface area (Å²) in [6.45, 7) is 6.27. The highest BCUT2D eigenvalue weighted by Gasteiger charge is 2.26. The topological polar surface area (TPSA) is 82.6 Å². The van der Waals surface area contributed by atoms with Crippen molar-refractivity contribution in [2.45, 2.75) is 76.5 Å². The first kappa shape index (κ1) is 21.2. The van der Waals surface area contributed by atoms with Crippen LogP contribution in [0.1, 0.15) is 65.2 Å². The zero-order valence-corrected chi connectivity index (χ0v) is 17.2. The lowest BCUT2D eigenvalue weighted by Crippen LogP contribution is -2.46. The number of nitrogens with zero attached hydrogens (tertiary/aromatic N) is 1. The standard InChI is InChI=1S/C19H36N4O2S/c1-3-20-19(22-13-7-12-21-18(24)15-8-5-9-15)23-16-10-6-11-17(14-16)26(25)4-2/h15-17H,3-14H2,1-2H3,(H,21,24)(H2,20,22,23). The summed E-state index contributed by atoms with van der Waals surface area (Å²) in [7, 11) is -0.706. The van der Waals surface area contributed by atoms with Gasteiger partial charge in [0.05, 0.1) is 0 Å². The Morgan fingerprint density at radius 2 is 1.88 bits per heavy atom. The van der Waals surface area contributed by atoms with E-state index < -0.39 is 10.8 Å². The van der Waals surface area contributed by atoms with Crippen molar-refractivity contribution in [1.29, 1.82) is 0 Å². The molecule has 2 fully saturated rings. The Hall–Kier alpha value is -1.11. The van der Waals surface area contributed by atoms with E-state index in [1.165, 1.54) is 6.42 Å². The van der Waals surface area contributed by atoms with Gasteiger partial charge in [-0.05, 0) is 45.4 Å². The van der Waals surface area contributed by atoms with Crippen LogP contribution in [0.25, 0.3) is 0 Å². The Morgan fingerprint density at radius 3 is 2.54 bits per heavy atom. The van der Waals surface area contributed by atoms with Gasteiger partial charge in [0, 0.05) is 53.4 Å². The second-order valence-electron chi connectivity index (χ2n) is 7.33. The van der Waals surface area contributed by atoms with Crippen LogP contribution in [0, 0.1) is 5.92 Å². The van der Waals surface area contributed by atoms with Crippen LogP contribution in [0.5, 0.6) is 0 Å². The summed E-state index contributed by atoms with van der Waals surface area (Å²) in [4.78, 5) is 16.4. The molecule has 6 nitrogen and oxygen atoms in total. The smallest absolute Gasteiger partial charge is 0.223 e. The molecule has 1 amide bonds. The first-order valence-corrected chi connectivity index (χ1v) is 11.7. The molecule has 0 heterocycles. The lowest BCUT2D eigenvalue weighted by atomic mass is 9.85. The van der Waals surface area contributed by atoms with Crippen molar-refractivity contribution in [2.75, 3.05) is 25.4 Å². The molecule has 2 aliphatic rings. The molecule has 0 aromatic rings. The van der Waals surface area contributed by atoms with E-state index in [9.17, 15) is 9.00 Å². The molecule has 0 saturated heterocycles. The number of carbonyl (C=O) groups is 1.